The first-order valence-electron chi connectivity index (χ1n) is 7.21. The third-order valence-corrected chi connectivity index (χ3v) is 4.89. The molecule has 0 spiro atoms. The summed E-state index contributed by atoms with van der Waals surface area (Å²) in [4.78, 5) is 35.9. The molecule has 1 amide bonds. The number of carbonyl (C=O) groups is 2. The van der Waals surface area contributed by atoms with Gasteiger partial charge in [-0.2, -0.15) is 0 Å². The highest BCUT2D eigenvalue weighted by Gasteiger charge is 2.55. The lowest BCUT2D eigenvalue weighted by molar-refractivity contribution is -0.384. The van der Waals surface area contributed by atoms with Gasteiger partial charge in [0.25, 0.3) is 11.6 Å². The zero-order chi connectivity index (χ0) is 15.9. The molecule has 1 N–H and O–H groups in total. The minimum atomic E-state index is -0.843. The van der Waals surface area contributed by atoms with Crippen LogP contribution < -0.4 is 0 Å². The highest BCUT2D eigenvalue weighted by Crippen LogP contribution is 2.49. The van der Waals surface area contributed by atoms with E-state index in [1.54, 1.807) is 0 Å². The van der Waals surface area contributed by atoms with Gasteiger partial charge in [0.15, 0.2) is 0 Å². The van der Waals surface area contributed by atoms with E-state index in [4.69, 9.17) is 0 Å². The minimum absolute atomic E-state index is 0.0207. The van der Waals surface area contributed by atoms with Crippen LogP contribution in [-0.2, 0) is 4.79 Å². The van der Waals surface area contributed by atoms with Crippen LogP contribution in [0.3, 0.4) is 0 Å². The molecule has 116 valence electrons. The zero-order valence-electron chi connectivity index (χ0n) is 11.9. The fourth-order valence-electron chi connectivity index (χ4n) is 3.73. The largest absolute Gasteiger partial charge is 0.481 e. The van der Waals surface area contributed by atoms with Crippen molar-refractivity contribution in [1.82, 2.24) is 4.90 Å². The van der Waals surface area contributed by atoms with Crippen LogP contribution in [0, 0.1) is 21.4 Å². The van der Waals surface area contributed by atoms with Gasteiger partial charge in [-0.05, 0) is 24.8 Å². The quantitative estimate of drug-likeness (QED) is 0.679. The normalized spacial score (nSPS) is 26.7. The molecular formula is C15H16N2O5. The van der Waals surface area contributed by atoms with Crippen molar-refractivity contribution in [3.63, 3.8) is 0 Å². The molecule has 7 nitrogen and oxygen atoms in total. The van der Waals surface area contributed by atoms with Crippen LogP contribution in [0.4, 0.5) is 5.69 Å². The van der Waals surface area contributed by atoms with Crippen molar-refractivity contribution in [2.45, 2.75) is 19.3 Å². The number of benzene rings is 1. The molecule has 2 atom stereocenters. The second-order valence-corrected chi connectivity index (χ2v) is 6.04. The lowest BCUT2D eigenvalue weighted by atomic mass is 9.81. The highest BCUT2D eigenvalue weighted by molar-refractivity contribution is 5.95. The topological polar surface area (TPSA) is 101 Å². The van der Waals surface area contributed by atoms with Crippen molar-refractivity contribution in [1.29, 1.82) is 0 Å². The number of fused-ring (bicyclic) bond motifs is 1. The van der Waals surface area contributed by atoms with Gasteiger partial charge in [-0.15, -0.1) is 0 Å². The molecular weight excluding hydrogens is 288 g/mol. The number of carboxylic acids is 1. The van der Waals surface area contributed by atoms with Crippen molar-refractivity contribution in [2.75, 3.05) is 13.1 Å². The Bertz CT molecular complexity index is 659. The lowest BCUT2D eigenvalue weighted by Crippen LogP contribution is -2.37. The van der Waals surface area contributed by atoms with Crippen LogP contribution in [0.15, 0.2) is 24.3 Å². The summed E-state index contributed by atoms with van der Waals surface area (Å²) in [5, 5.41) is 20.3. The van der Waals surface area contributed by atoms with E-state index < -0.39 is 16.3 Å². The maximum atomic E-state index is 12.5. The van der Waals surface area contributed by atoms with Gasteiger partial charge in [0.1, 0.15) is 0 Å². The number of carboxylic acid groups (broad SMARTS) is 1. The number of nitro groups is 1. The van der Waals surface area contributed by atoms with Gasteiger partial charge < -0.3 is 10.0 Å². The van der Waals surface area contributed by atoms with Crippen molar-refractivity contribution in [3.8, 4) is 0 Å². The molecule has 22 heavy (non-hydrogen) atoms. The first kappa shape index (κ1) is 14.5. The smallest absolute Gasteiger partial charge is 0.311 e. The summed E-state index contributed by atoms with van der Waals surface area (Å²) >= 11 is 0. The van der Waals surface area contributed by atoms with E-state index in [0.29, 0.717) is 13.0 Å². The summed E-state index contributed by atoms with van der Waals surface area (Å²) in [6.07, 6.45) is 2.27. The standard InChI is InChI=1S/C15H16N2O5/c18-13(10-3-1-5-12(7-10)17(21)22)16-8-11-4-2-6-15(11,9-16)14(19)20/h1,3,5,7,11H,2,4,6,8-9H2,(H,19,20)/t11-,15+/m0/s1. The van der Waals surface area contributed by atoms with Gasteiger partial charge in [-0.25, -0.2) is 0 Å². The molecule has 1 heterocycles. The number of carbonyl (C=O) groups excluding carboxylic acids is 1. The van der Waals surface area contributed by atoms with Gasteiger partial charge >= 0.3 is 5.97 Å². The highest BCUT2D eigenvalue weighted by atomic mass is 16.6. The molecule has 3 rings (SSSR count). The number of likely N-dealkylation sites (tertiary alicyclic amines) is 1. The minimum Gasteiger partial charge on any atom is -0.481 e. The van der Waals surface area contributed by atoms with E-state index in [1.165, 1.54) is 29.2 Å². The van der Waals surface area contributed by atoms with Crippen molar-refractivity contribution in [3.05, 3.63) is 39.9 Å². The van der Waals surface area contributed by atoms with Gasteiger partial charge in [0.2, 0.25) is 0 Å². The number of nitro benzene ring substituents is 1. The van der Waals surface area contributed by atoms with Crippen molar-refractivity contribution < 1.29 is 19.6 Å². The van der Waals surface area contributed by atoms with Crippen LogP contribution >= 0.6 is 0 Å². The Balaban J connectivity index is 1.84. The first-order chi connectivity index (χ1) is 10.4. The summed E-state index contributed by atoms with van der Waals surface area (Å²) in [5.41, 5.74) is -0.746. The van der Waals surface area contributed by atoms with Crippen LogP contribution in [0.2, 0.25) is 0 Å². The fourth-order valence-corrected chi connectivity index (χ4v) is 3.73. The van der Waals surface area contributed by atoms with Crippen molar-refractivity contribution >= 4 is 17.6 Å². The summed E-state index contributed by atoms with van der Waals surface area (Å²) in [6, 6.07) is 5.56. The second-order valence-electron chi connectivity index (χ2n) is 6.04. The number of non-ortho nitro benzene ring substituents is 1. The molecule has 0 bridgehead atoms. The lowest BCUT2D eigenvalue weighted by Gasteiger charge is -2.23. The number of rotatable bonds is 3. The molecule has 1 saturated carbocycles. The third kappa shape index (κ3) is 2.13. The Morgan fingerprint density at radius 2 is 2.18 bits per heavy atom. The second kappa shape index (κ2) is 5.08. The van der Waals surface area contributed by atoms with E-state index in [0.717, 1.165) is 12.8 Å². The van der Waals surface area contributed by atoms with E-state index >= 15 is 0 Å². The summed E-state index contributed by atoms with van der Waals surface area (Å²) < 4.78 is 0. The van der Waals surface area contributed by atoms with E-state index in [9.17, 15) is 24.8 Å². The van der Waals surface area contributed by atoms with Gasteiger partial charge in [-0.3, -0.25) is 19.7 Å². The van der Waals surface area contributed by atoms with E-state index in [1.807, 2.05) is 0 Å². The molecule has 0 radical (unpaired) electrons. The molecule has 1 aliphatic heterocycles. The number of amides is 1. The van der Waals surface area contributed by atoms with Gasteiger partial charge in [0, 0.05) is 30.8 Å². The fraction of sp³-hybridized carbons (Fsp3) is 0.467. The van der Waals surface area contributed by atoms with Gasteiger partial charge in [0.05, 0.1) is 10.3 Å². The number of hydrogen-bond acceptors (Lipinski definition) is 4. The average molecular weight is 304 g/mol. The molecule has 1 aromatic carbocycles. The molecule has 0 aromatic heterocycles. The Morgan fingerprint density at radius 1 is 1.41 bits per heavy atom. The van der Waals surface area contributed by atoms with Crippen LogP contribution in [-0.4, -0.2) is 39.9 Å². The molecule has 0 unspecified atom stereocenters. The molecule has 1 aliphatic carbocycles. The van der Waals surface area contributed by atoms with Crippen LogP contribution in [0.1, 0.15) is 29.6 Å². The third-order valence-electron chi connectivity index (χ3n) is 4.89. The maximum absolute atomic E-state index is 12.5. The zero-order valence-corrected chi connectivity index (χ0v) is 11.9. The number of aliphatic carboxylic acids is 1. The van der Waals surface area contributed by atoms with Crippen LogP contribution in [0.5, 0.6) is 0 Å². The van der Waals surface area contributed by atoms with Crippen LogP contribution in [0.25, 0.3) is 0 Å². The number of hydrogen-bond donors (Lipinski definition) is 1. The predicted molar refractivity (Wildman–Crippen MR) is 76.4 cm³/mol. The van der Waals surface area contributed by atoms with Gasteiger partial charge in [-0.1, -0.05) is 12.5 Å². The number of nitrogens with zero attached hydrogens (tertiary/aromatic N) is 2. The monoisotopic (exact) mass is 304 g/mol. The van der Waals surface area contributed by atoms with E-state index in [-0.39, 0.29) is 29.6 Å². The van der Waals surface area contributed by atoms with E-state index in [2.05, 4.69) is 0 Å². The molecule has 7 heteroatoms. The predicted octanol–water partition coefficient (Wildman–Crippen LogP) is 1.92. The Hall–Kier alpha value is -2.44. The summed E-state index contributed by atoms with van der Waals surface area (Å²) in [6.45, 7) is 0.600. The maximum Gasteiger partial charge on any atom is 0.311 e. The SMILES string of the molecule is O=C(c1cccc([N+](=O)[O-])c1)N1C[C@@H]2CCC[C@@]2(C(=O)O)C1. The Morgan fingerprint density at radius 3 is 2.82 bits per heavy atom. The first-order valence-corrected chi connectivity index (χ1v) is 7.21. The molecule has 2 aliphatic rings. The van der Waals surface area contributed by atoms with Crippen molar-refractivity contribution in [2.24, 2.45) is 11.3 Å². The molecule has 1 saturated heterocycles. The average Bonchev–Trinajstić information content (AvgIpc) is 3.04. The summed E-state index contributed by atoms with van der Waals surface area (Å²) in [7, 11) is 0. The molecule has 2 fully saturated rings. The Kier molecular flexibility index (Phi) is 3.35. The summed E-state index contributed by atoms with van der Waals surface area (Å²) in [5.74, 6) is -1.20. The molecule has 1 aromatic rings. The Labute approximate surface area is 126 Å².